The molecule has 17 heavy (non-hydrogen) atoms. The minimum absolute atomic E-state index is 0.0727. The van der Waals surface area contributed by atoms with Crippen LogP contribution in [-0.4, -0.2) is 17.5 Å². The van der Waals surface area contributed by atoms with E-state index >= 15 is 0 Å². The first kappa shape index (κ1) is 12.9. The number of hydrogen-bond acceptors (Lipinski definition) is 1. The molecule has 1 aliphatic rings. The van der Waals surface area contributed by atoms with Crippen LogP contribution >= 0.6 is 23.2 Å². The molecule has 0 radical (unpaired) electrons. The van der Waals surface area contributed by atoms with E-state index in [0.717, 1.165) is 6.42 Å². The Kier molecular flexibility index (Phi) is 3.82. The van der Waals surface area contributed by atoms with Crippen LogP contribution in [0.4, 0.5) is 0 Å². The van der Waals surface area contributed by atoms with Crippen LogP contribution in [0.25, 0.3) is 6.08 Å². The van der Waals surface area contributed by atoms with Gasteiger partial charge in [-0.3, -0.25) is 0 Å². The number of ether oxygens (including phenoxy) is 1. The summed E-state index contributed by atoms with van der Waals surface area (Å²) in [5.74, 6) is 0. The van der Waals surface area contributed by atoms with Crippen molar-refractivity contribution in [1.82, 2.24) is 0 Å². The molecular weight excluding hydrogens is 255 g/mol. The van der Waals surface area contributed by atoms with Crippen LogP contribution in [-0.2, 0) is 4.74 Å². The maximum Gasteiger partial charge on any atom is 0.126 e. The summed E-state index contributed by atoms with van der Waals surface area (Å²) in [5, 5.41) is 0. The van der Waals surface area contributed by atoms with Crippen LogP contribution in [0.5, 0.6) is 0 Å². The molecular formula is C14H16Cl2O. The molecule has 1 aliphatic carbocycles. The lowest BCUT2D eigenvalue weighted by Gasteiger charge is -2.10. The normalized spacial score (nSPS) is 26.3. The smallest absolute Gasteiger partial charge is 0.126 e. The molecule has 1 atom stereocenters. The second-order valence-electron chi connectivity index (χ2n) is 4.77. The van der Waals surface area contributed by atoms with Gasteiger partial charge in [0.2, 0.25) is 0 Å². The van der Waals surface area contributed by atoms with Gasteiger partial charge in [-0.1, -0.05) is 49.4 Å². The molecule has 1 aromatic rings. The van der Waals surface area contributed by atoms with Crippen molar-refractivity contribution in [3.63, 3.8) is 0 Å². The van der Waals surface area contributed by atoms with E-state index in [-0.39, 0.29) is 5.41 Å². The zero-order chi connectivity index (χ0) is 12.4. The van der Waals surface area contributed by atoms with Gasteiger partial charge in [0, 0.05) is 5.41 Å². The topological polar surface area (TPSA) is 9.23 Å². The predicted octanol–water partition coefficient (Wildman–Crippen LogP) is 4.30. The SMILES string of the molecule is CC1(COC/C=C/c2ccccc2)CC1(Cl)Cl. The molecule has 1 saturated carbocycles. The average molecular weight is 271 g/mol. The number of rotatable bonds is 5. The lowest BCUT2D eigenvalue weighted by molar-refractivity contribution is 0.119. The van der Waals surface area contributed by atoms with Crippen molar-refractivity contribution in [2.45, 2.75) is 17.7 Å². The van der Waals surface area contributed by atoms with Gasteiger partial charge in [0.15, 0.2) is 0 Å². The van der Waals surface area contributed by atoms with E-state index in [9.17, 15) is 0 Å². The highest BCUT2D eigenvalue weighted by Crippen LogP contribution is 2.63. The molecule has 3 heteroatoms. The summed E-state index contributed by atoms with van der Waals surface area (Å²) < 4.78 is 4.98. The van der Waals surface area contributed by atoms with Gasteiger partial charge in [-0.2, -0.15) is 0 Å². The molecule has 1 aromatic carbocycles. The molecule has 0 spiro atoms. The summed E-state index contributed by atoms with van der Waals surface area (Å²) in [5.41, 5.74) is 1.11. The zero-order valence-electron chi connectivity index (χ0n) is 9.83. The van der Waals surface area contributed by atoms with Gasteiger partial charge < -0.3 is 4.74 Å². The van der Waals surface area contributed by atoms with E-state index in [1.807, 2.05) is 37.3 Å². The van der Waals surface area contributed by atoms with Crippen molar-refractivity contribution < 1.29 is 4.74 Å². The molecule has 0 bridgehead atoms. The Bertz CT molecular complexity index is 400. The number of hydrogen-bond donors (Lipinski definition) is 0. The molecule has 1 fully saturated rings. The fraction of sp³-hybridized carbons (Fsp3) is 0.429. The van der Waals surface area contributed by atoms with Crippen LogP contribution in [0, 0.1) is 5.41 Å². The molecule has 1 unspecified atom stereocenters. The van der Waals surface area contributed by atoms with E-state index in [4.69, 9.17) is 27.9 Å². The van der Waals surface area contributed by atoms with Gasteiger partial charge in [0.1, 0.15) is 4.33 Å². The number of alkyl halides is 2. The van der Waals surface area contributed by atoms with Gasteiger partial charge in [-0.15, -0.1) is 23.2 Å². The molecule has 1 nitrogen and oxygen atoms in total. The maximum atomic E-state index is 6.02. The van der Waals surface area contributed by atoms with E-state index in [1.54, 1.807) is 0 Å². The lowest BCUT2D eigenvalue weighted by Crippen LogP contribution is -2.13. The summed E-state index contributed by atoms with van der Waals surface area (Å²) in [7, 11) is 0. The van der Waals surface area contributed by atoms with Crippen LogP contribution < -0.4 is 0 Å². The second kappa shape index (κ2) is 5.01. The van der Waals surface area contributed by atoms with Crippen molar-refractivity contribution >= 4 is 29.3 Å². The minimum Gasteiger partial charge on any atom is -0.377 e. The maximum absolute atomic E-state index is 6.02. The molecule has 0 aromatic heterocycles. The van der Waals surface area contributed by atoms with Crippen molar-refractivity contribution in [3.05, 3.63) is 42.0 Å². The average Bonchev–Trinajstić information content (AvgIpc) is 2.79. The van der Waals surface area contributed by atoms with E-state index in [1.165, 1.54) is 5.56 Å². The molecule has 92 valence electrons. The standard InChI is InChI=1S/C14H16Cl2O/c1-13(10-14(13,15)16)11-17-9-5-8-12-6-3-2-4-7-12/h2-8H,9-11H2,1H3/b8-5+. The van der Waals surface area contributed by atoms with Gasteiger partial charge in [0.25, 0.3) is 0 Å². The predicted molar refractivity (Wildman–Crippen MR) is 73.5 cm³/mol. The fourth-order valence-corrected chi connectivity index (χ4v) is 2.40. The first-order chi connectivity index (χ1) is 8.04. The third-order valence-corrected chi connectivity index (χ3v) is 4.29. The lowest BCUT2D eigenvalue weighted by atomic mass is 10.2. The van der Waals surface area contributed by atoms with Crippen molar-refractivity contribution in [2.75, 3.05) is 13.2 Å². The third kappa shape index (κ3) is 3.25. The monoisotopic (exact) mass is 270 g/mol. The number of halogens is 2. The quantitative estimate of drug-likeness (QED) is 0.573. The molecule has 0 heterocycles. The van der Waals surface area contributed by atoms with E-state index in [0.29, 0.717) is 13.2 Å². The summed E-state index contributed by atoms with van der Waals surface area (Å²) in [6.07, 6.45) is 4.86. The Balaban J connectivity index is 1.69. The highest BCUT2D eigenvalue weighted by molar-refractivity contribution is 6.51. The Morgan fingerprint density at radius 2 is 1.94 bits per heavy atom. The first-order valence-corrected chi connectivity index (χ1v) is 6.46. The Morgan fingerprint density at radius 1 is 1.29 bits per heavy atom. The Labute approximate surface area is 112 Å². The van der Waals surface area contributed by atoms with Crippen LogP contribution in [0.2, 0.25) is 0 Å². The van der Waals surface area contributed by atoms with E-state index < -0.39 is 4.33 Å². The van der Waals surface area contributed by atoms with Crippen LogP contribution in [0.15, 0.2) is 36.4 Å². The molecule has 0 aliphatic heterocycles. The summed E-state index contributed by atoms with van der Waals surface area (Å²) >= 11 is 12.0. The van der Waals surface area contributed by atoms with E-state index in [2.05, 4.69) is 12.1 Å². The number of benzene rings is 1. The highest BCUT2D eigenvalue weighted by atomic mass is 35.5. The van der Waals surface area contributed by atoms with Gasteiger partial charge >= 0.3 is 0 Å². The Morgan fingerprint density at radius 3 is 2.53 bits per heavy atom. The van der Waals surface area contributed by atoms with Gasteiger partial charge in [-0.05, 0) is 12.0 Å². The van der Waals surface area contributed by atoms with Gasteiger partial charge in [0.05, 0.1) is 13.2 Å². The fourth-order valence-electron chi connectivity index (χ4n) is 1.70. The van der Waals surface area contributed by atoms with Gasteiger partial charge in [-0.25, -0.2) is 0 Å². The molecule has 0 saturated heterocycles. The molecule has 2 rings (SSSR count). The van der Waals surface area contributed by atoms with Crippen molar-refractivity contribution in [1.29, 1.82) is 0 Å². The summed E-state index contributed by atoms with van der Waals surface area (Å²) in [4.78, 5) is 0. The molecule has 0 N–H and O–H groups in total. The summed E-state index contributed by atoms with van der Waals surface area (Å²) in [6, 6.07) is 10.1. The zero-order valence-corrected chi connectivity index (χ0v) is 11.3. The van der Waals surface area contributed by atoms with Crippen LogP contribution in [0.3, 0.4) is 0 Å². The highest BCUT2D eigenvalue weighted by Gasteiger charge is 2.62. The van der Waals surface area contributed by atoms with Crippen LogP contribution in [0.1, 0.15) is 18.9 Å². The summed E-state index contributed by atoms with van der Waals surface area (Å²) in [6.45, 7) is 3.25. The van der Waals surface area contributed by atoms with Crippen molar-refractivity contribution in [3.8, 4) is 0 Å². The first-order valence-electron chi connectivity index (χ1n) is 5.71. The Hall–Kier alpha value is -0.500. The minimum atomic E-state index is -0.587. The van der Waals surface area contributed by atoms with Crippen molar-refractivity contribution in [2.24, 2.45) is 5.41 Å². The molecule has 0 amide bonds. The second-order valence-corrected chi connectivity index (χ2v) is 6.25. The third-order valence-electron chi connectivity index (χ3n) is 3.11. The largest absolute Gasteiger partial charge is 0.377 e.